The predicted molar refractivity (Wildman–Crippen MR) is 68.9 cm³/mol. The van der Waals surface area contributed by atoms with Crippen molar-refractivity contribution in [2.75, 3.05) is 13.2 Å². The van der Waals surface area contributed by atoms with E-state index in [-0.39, 0.29) is 11.2 Å². The summed E-state index contributed by atoms with van der Waals surface area (Å²) in [6.07, 6.45) is 4.58. The Morgan fingerprint density at radius 2 is 1.89 bits per heavy atom. The molecule has 2 saturated carbocycles. The smallest absolute Gasteiger partial charge is 0.123 e. The number of hydrogen-bond acceptors (Lipinski definition) is 2. The third-order valence-electron chi connectivity index (χ3n) is 4.54. The molecule has 0 aromatic heterocycles. The van der Waals surface area contributed by atoms with Gasteiger partial charge in [-0.3, -0.25) is 0 Å². The number of aliphatic hydroxyl groups excluding tert-OH is 1. The third kappa shape index (κ3) is 2.43. The molecule has 0 unspecified atom stereocenters. The molecule has 0 aliphatic heterocycles. The van der Waals surface area contributed by atoms with Gasteiger partial charge in [0, 0.05) is 24.6 Å². The van der Waals surface area contributed by atoms with Crippen molar-refractivity contribution in [1.29, 1.82) is 0 Å². The number of benzene rings is 1. The van der Waals surface area contributed by atoms with Crippen LogP contribution < -0.4 is 5.32 Å². The van der Waals surface area contributed by atoms with Crippen molar-refractivity contribution in [3.05, 3.63) is 35.6 Å². The molecule has 18 heavy (non-hydrogen) atoms. The van der Waals surface area contributed by atoms with E-state index in [0.717, 1.165) is 32.2 Å². The molecule has 3 rings (SSSR count). The molecule has 0 amide bonds. The Morgan fingerprint density at radius 3 is 2.44 bits per heavy atom. The Balaban J connectivity index is 1.44. The summed E-state index contributed by atoms with van der Waals surface area (Å²) in [5.41, 5.74) is 1.44. The molecule has 2 fully saturated rings. The van der Waals surface area contributed by atoms with Crippen molar-refractivity contribution < 1.29 is 9.50 Å². The van der Waals surface area contributed by atoms with Crippen molar-refractivity contribution in [1.82, 2.24) is 5.32 Å². The molecule has 2 N–H and O–H groups in total. The molecule has 0 bridgehead atoms. The van der Waals surface area contributed by atoms with Crippen LogP contribution in [0.4, 0.5) is 4.39 Å². The van der Waals surface area contributed by atoms with Crippen LogP contribution in [0.5, 0.6) is 0 Å². The van der Waals surface area contributed by atoms with Gasteiger partial charge in [0.15, 0.2) is 0 Å². The molecule has 2 nitrogen and oxygen atoms in total. The highest BCUT2D eigenvalue weighted by molar-refractivity contribution is 5.23. The Hall–Kier alpha value is -0.930. The molecule has 2 aliphatic rings. The molecule has 0 atom stereocenters. The second kappa shape index (κ2) is 4.63. The fourth-order valence-corrected chi connectivity index (χ4v) is 2.72. The molecule has 0 radical (unpaired) electrons. The topological polar surface area (TPSA) is 32.3 Å². The first-order chi connectivity index (χ1) is 8.71. The van der Waals surface area contributed by atoms with E-state index in [1.165, 1.54) is 5.56 Å². The maximum Gasteiger partial charge on any atom is 0.123 e. The van der Waals surface area contributed by atoms with E-state index in [2.05, 4.69) is 5.32 Å². The van der Waals surface area contributed by atoms with E-state index in [1.807, 2.05) is 12.1 Å². The zero-order valence-electron chi connectivity index (χ0n) is 10.5. The number of rotatable bonds is 5. The Labute approximate surface area is 107 Å². The highest BCUT2D eigenvalue weighted by Crippen LogP contribution is 2.45. The monoisotopic (exact) mass is 249 g/mol. The largest absolute Gasteiger partial charge is 0.396 e. The highest BCUT2D eigenvalue weighted by Gasteiger charge is 2.42. The summed E-state index contributed by atoms with van der Waals surface area (Å²) in [4.78, 5) is 0. The fraction of sp³-hybridized carbons (Fsp3) is 0.600. The Kier molecular flexibility index (Phi) is 3.12. The van der Waals surface area contributed by atoms with Gasteiger partial charge in [-0.2, -0.15) is 0 Å². The zero-order valence-corrected chi connectivity index (χ0v) is 10.5. The summed E-state index contributed by atoms with van der Waals surface area (Å²) in [7, 11) is 0. The average molecular weight is 249 g/mol. The second-order valence-electron chi connectivity index (χ2n) is 5.96. The summed E-state index contributed by atoms with van der Waals surface area (Å²) in [5.74, 6) is 0.416. The summed E-state index contributed by atoms with van der Waals surface area (Å²) in [5, 5.41) is 12.8. The van der Waals surface area contributed by atoms with Gasteiger partial charge >= 0.3 is 0 Å². The van der Waals surface area contributed by atoms with Crippen LogP contribution in [0.25, 0.3) is 0 Å². The number of hydrogen-bond donors (Lipinski definition) is 2. The maximum absolute atomic E-state index is 12.8. The van der Waals surface area contributed by atoms with Crippen LogP contribution in [0, 0.1) is 11.2 Å². The normalized spacial score (nSPS) is 28.8. The molecular formula is C15H20FNO. The average Bonchev–Trinajstić information content (AvgIpc) is 3.10. The van der Waals surface area contributed by atoms with Crippen LogP contribution in [0.1, 0.15) is 37.2 Å². The summed E-state index contributed by atoms with van der Waals surface area (Å²) in [6, 6.07) is 7.45. The van der Waals surface area contributed by atoms with Crippen molar-refractivity contribution >= 4 is 0 Å². The Morgan fingerprint density at radius 1 is 1.22 bits per heavy atom. The van der Waals surface area contributed by atoms with E-state index in [1.54, 1.807) is 12.1 Å². The van der Waals surface area contributed by atoms with Gasteiger partial charge in [-0.15, -0.1) is 0 Å². The van der Waals surface area contributed by atoms with Gasteiger partial charge in [-0.05, 0) is 49.3 Å². The minimum absolute atomic E-state index is 0.161. The number of aliphatic hydroxyl groups is 1. The molecule has 1 aromatic carbocycles. The Bertz CT molecular complexity index is 407. The quantitative estimate of drug-likeness (QED) is 0.840. The van der Waals surface area contributed by atoms with E-state index in [4.69, 9.17) is 0 Å². The maximum atomic E-state index is 12.8. The first-order valence-corrected chi connectivity index (χ1v) is 6.80. The van der Waals surface area contributed by atoms with Crippen LogP contribution in [0.2, 0.25) is 0 Å². The predicted octanol–water partition coefficient (Wildman–Crippen LogP) is 2.43. The third-order valence-corrected chi connectivity index (χ3v) is 4.54. The molecule has 3 heteroatoms. The molecule has 1 aromatic rings. The van der Waals surface area contributed by atoms with Gasteiger partial charge < -0.3 is 10.4 Å². The van der Waals surface area contributed by atoms with Gasteiger partial charge in [-0.1, -0.05) is 12.1 Å². The van der Waals surface area contributed by atoms with Gasteiger partial charge in [0.2, 0.25) is 0 Å². The van der Waals surface area contributed by atoms with Crippen molar-refractivity contribution in [3.8, 4) is 0 Å². The fourth-order valence-electron chi connectivity index (χ4n) is 2.72. The van der Waals surface area contributed by atoms with Gasteiger partial charge in [0.25, 0.3) is 0 Å². The minimum atomic E-state index is -0.161. The molecule has 0 saturated heterocycles. The van der Waals surface area contributed by atoms with Crippen LogP contribution >= 0.6 is 0 Å². The number of halogens is 1. The van der Waals surface area contributed by atoms with E-state index in [0.29, 0.717) is 18.6 Å². The lowest BCUT2D eigenvalue weighted by molar-refractivity contribution is 0.190. The van der Waals surface area contributed by atoms with Crippen LogP contribution in [-0.4, -0.2) is 24.3 Å². The molecule has 0 heterocycles. The van der Waals surface area contributed by atoms with Crippen LogP contribution in [-0.2, 0) is 0 Å². The molecular weight excluding hydrogens is 229 g/mol. The van der Waals surface area contributed by atoms with E-state index >= 15 is 0 Å². The zero-order chi connectivity index (χ0) is 12.6. The molecule has 2 aliphatic carbocycles. The van der Waals surface area contributed by atoms with Crippen molar-refractivity contribution in [3.63, 3.8) is 0 Å². The molecule has 98 valence electrons. The lowest BCUT2D eigenvalue weighted by Gasteiger charge is -2.37. The second-order valence-corrected chi connectivity index (χ2v) is 5.96. The summed E-state index contributed by atoms with van der Waals surface area (Å²) < 4.78 is 12.8. The lowest BCUT2D eigenvalue weighted by Crippen LogP contribution is -2.43. The summed E-state index contributed by atoms with van der Waals surface area (Å²) in [6.45, 7) is 1.26. The SMILES string of the molecule is OCC1(CNC2CC(c3ccc(F)cc3)C2)CC1. The standard InChI is InChI=1S/C15H20FNO/c16-13-3-1-11(2-4-13)12-7-14(8-12)17-9-15(10-18)5-6-15/h1-4,12,14,17-18H,5-10H2. The van der Waals surface area contributed by atoms with Crippen LogP contribution in [0.3, 0.4) is 0 Å². The molecule has 0 spiro atoms. The van der Waals surface area contributed by atoms with Crippen molar-refractivity contribution in [2.45, 2.75) is 37.6 Å². The minimum Gasteiger partial charge on any atom is -0.396 e. The summed E-state index contributed by atoms with van der Waals surface area (Å²) >= 11 is 0. The lowest BCUT2D eigenvalue weighted by atomic mass is 9.75. The number of nitrogens with one attached hydrogen (secondary N) is 1. The first kappa shape index (κ1) is 12.1. The van der Waals surface area contributed by atoms with Crippen LogP contribution in [0.15, 0.2) is 24.3 Å². The van der Waals surface area contributed by atoms with E-state index in [9.17, 15) is 9.50 Å². The van der Waals surface area contributed by atoms with Gasteiger partial charge in [0.1, 0.15) is 5.82 Å². The van der Waals surface area contributed by atoms with Gasteiger partial charge in [0.05, 0.1) is 0 Å². The van der Waals surface area contributed by atoms with E-state index < -0.39 is 0 Å². The van der Waals surface area contributed by atoms with Crippen molar-refractivity contribution in [2.24, 2.45) is 5.41 Å². The van der Waals surface area contributed by atoms with Gasteiger partial charge in [-0.25, -0.2) is 4.39 Å². The highest BCUT2D eigenvalue weighted by atomic mass is 19.1. The first-order valence-electron chi connectivity index (χ1n) is 6.80.